The van der Waals surface area contributed by atoms with Gasteiger partial charge in [0, 0.05) is 23.1 Å². The molecular weight excluding hydrogens is 314 g/mol. The largest absolute Gasteiger partial charge is 0.338 e. The standard InChI is InChI=1S/C17H24BrNO/c1-3-5-6-13(4-2)12-19-10-9-14-7-8-15(18)11-16(14)17(19)20/h7-8,11,13H,3-6,9-10,12H2,1-2H3. The lowest BCUT2D eigenvalue weighted by Gasteiger charge is -2.31. The maximum Gasteiger partial charge on any atom is 0.254 e. The molecule has 1 atom stereocenters. The van der Waals surface area contributed by atoms with Crippen molar-refractivity contribution in [1.29, 1.82) is 0 Å². The fourth-order valence-electron chi connectivity index (χ4n) is 2.90. The zero-order chi connectivity index (χ0) is 14.5. The molecule has 2 nitrogen and oxygen atoms in total. The molecule has 0 fully saturated rings. The monoisotopic (exact) mass is 337 g/mol. The van der Waals surface area contributed by atoms with Crippen LogP contribution in [0, 0.1) is 5.92 Å². The Morgan fingerprint density at radius 3 is 2.85 bits per heavy atom. The van der Waals surface area contributed by atoms with Gasteiger partial charge in [-0.1, -0.05) is 55.1 Å². The second-order valence-corrected chi connectivity index (χ2v) is 6.63. The number of rotatable bonds is 6. The van der Waals surface area contributed by atoms with Crippen LogP contribution in [0.25, 0.3) is 0 Å². The predicted octanol–water partition coefficient (Wildman–Crippen LogP) is 4.66. The van der Waals surface area contributed by atoms with E-state index in [1.165, 1.54) is 24.8 Å². The van der Waals surface area contributed by atoms with E-state index in [0.29, 0.717) is 5.92 Å². The number of fused-ring (bicyclic) bond motifs is 1. The third-order valence-electron chi connectivity index (χ3n) is 4.26. The Morgan fingerprint density at radius 2 is 2.15 bits per heavy atom. The number of amides is 1. The highest BCUT2D eigenvalue weighted by Crippen LogP contribution is 2.24. The molecule has 1 aliphatic heterocycles. The van der Waals surface area contributed by atoms with Gasteiger partial charge in [0.05, 0.1) is 0 Å². The molecule has 110 valence electrons. The van der Waals surface area contributed by atoms with E-state index in [4.69, 9.17) is 0 Å². The minimum atomic E-state index is 0.211. The number of hydrogen-bond acceptors (Lipinski definition) is 1. The quantitative estimate of drug-likeness (QED) is 0.738. The van der Waals surface area contributed by atoms with Gasteiger partial charge in [-0.3, -0.25) is 4.79 Å². The maximum absolute atomic E-state index is 12.6. The van der Waals surface area contributed by atoms with Gasteiger partial charge in [0.25, 0.3) is 5.91 Å². The summed E-state index contributed by atoms with van der Waals surface area (Å²) in [7, 11) is 0. The van der Waals surface area contributed by atoms with E-state index in [-0.39, 0.29) is 5.91 Å². The van der Waals surface area contributed by atoms with Crippen molar-refractivity contribution in [3.63, 3.8) is 0 Å². The first-order valence-corrected chi connectivity index (χ1v) is 8.52. The molecule has 2 rings (SSSR count). The van der Waals surface area contributed by atoms with Gasteiger partial charge in [-0.15, -0.1) is 0 Å². The third-order valence-corrected chi connectivity index (χ3v) is 4.76. The van der Waals surface area contributed by atoms with E-state index in [1.807, 2.05) is 12.1 Å². The molecule has 20 heavy (non-hydrogen) atoms. The van der Waals surface area contributed by atoms with Crippen molar-refractivity contribution < 1.29 is 4.79 Å². The van der Waals surface area contributed by atoms with Crippen LogP contribution in [0.4, 0.5) is 0 Å². The highest BCUT2D eigenvalue weighted by atomic mass is 79.9. The second kappa shape index (κ2) is 7.26. The maximum atomic E-state index is 12.6. The van der Waals surface area contributed by atoms with Gasteiger partial charge < -0.3 is 4.90 Å². The van der Waals surface area contributed by atoms with Crippen molar-refractivity contribution in [1.82, 2.24) is 4.90 Å². The molecule has 0 N–H and O–H groups in total. The van der Waals surface area contributed by atoms with Crippen LogP contribution in [0.5, 0.6) is 0 Å². The summed E-state index contributed by atoms with van der Waals surface area (Å²) >= 11 is 3.47. The molecule has 0 saturated heterocycles. The molecule has 1 aromatic rings. The highest BCUT2D eigenvalue weighted by molar-refractivity contribution is 9.10. The summed E-state index contributed by atoms with van der Waals surface area (Å²) in [6.07, 6.45) is 5.89. The number of unbranched alkanes of at least 4 members (excludes halogenated alkanes) is 1. The average molecular weight is 338 g/mol. The van der Waals surface area contributed by atoms with Gasteiger partial charge in [-0.05, 0) is 36.5 Å². The van der Waals surface area contributed by atoms with E-state index >= 15 is 0 Å². The van der Waals surface area contributed by atoms with Gasteiger partial charge in [0.2, 0.25) is 0 Å². The summed E-state index contributed by atoms with van der Waals surface area (Å²) in [5, 5.41) is 0. The van der Waals surface area contributed by atoms with Crippen molar-refractivity contribution in [2.75, 3.05) is 13.1 Å². The zero-order valence-corrected chi connectivity index (χ0v) is 14.1. The normalized spacial score (nSPS) is 16.1. The predicted molar refractivity (Wildman–Crippen MR) is 87.1 cm³/mol. The summed E-state index contributed by atoms with van der Waals surface area (Å²) in [6, 6.07) is 6.07. The lowest BCUT2D eigenvalue weighted by atomic mass is 9.95. The minimum absolute atomic E-state index is 0.211. The van der Waals surface area contributed by atoms with Crippen LogP contribution in [0.1, 0.15) is 55.5 Å². The summed E-state index contributed by atoms with van der Waals surface area (Å²) in [5.74, 6) is 0.857. The Balaban J connectivity index is 2.06. The molecule has 0 bridgehead atoms. The first-order chi connectivity index (χ1) is 9.65. The number of halogens is 1. The van der Waals surface area contributed by atoms with Crippen LogP contribution in [0.3, 0.4) is 0 Å². The van der Waals surface area contributed by atoms with E-state index < -0.39 is 0 Å². The lowest BCUT2D eigenvalue weighted by molar-refractivity contribution is 0.0706. The second-order valence-electron chi connectivity index (χ2n) is 5.72. The molecule has 1 unspecified atom stereocenters. The average Bonchev–Trinajstić information content (AvgIpc) is 2.46. The summed E-state index contributed by atoms with van der Waals surface area (Å²) in [6.45, 7) is 6.25. The molecule has 1 heterocycles. The van der Waals surface area contributed by atoms with Crippen molar-refractivity contribution in [3.05, 3.63) is 33.8 Å². The minimum Gasteiger partial charge on any atom is -0.338 e. The molecule has 1 amide bonds. The number of benzene rings is 1. The molecule has 3 heteroatoms. The van der Waals surface area contributed by atoms with Crippen LogP contribution in [-0.4, -0.2) is 23.9 Å². The van der Waals surface area contributed by atoms with Crippen molar-refractivity contribution in [2.24, 2.45) is 5.92 Å². The van der Waals surface area contributed by atoms with Crippen molar-refractivity contribution in [3.8, 4) is 0 Å². The Labute approximate surface area is 130 Å². The number of carbonyl (C=O) groups excluding carboxylic acids is 1. The summed E-state index contributed by atoms with van der Waals surface area (Å²) in [5.41, 5.74) is 2.08. The first kappa shape index (κ1) is 15.6. The summed E-state index contributed by atoms with van der Waals surface area (Å²) < 4.78 is 0.990. The van der Waals surface area contributed by atoms with Crippen molar-refractivity contribution >= 4 is 21.8 Å². The molecule has 1 aliphatic rings. The molecular formula is C17H24BrNO. The van der Waals surface area contributed by atoms with E-state index in [9.17, 15) is 4.79 Å². The first-order valence-electron chi connectivity index (χ1n) is 7.73. The van der Waals surface area contributed by atoms with Crippen LogP contribution >= 0.6 is 15.9 Å². The number of nitrogens with zero attached hydrogens (tertiary/aromatic N) is 1. The van der Waals surface area contributed by atoms with Crippen LogP contribution in [0.2, 0.25) is 0 Å². The van der Waals surface area contributed by atoms with E-state index in [2.05, 4.69) is 40.7 Å². The number of carbonyl (C=O) groups is 1. The third kappa shape index (κ3) is 3.63. The Bertz CT molecular complexity index is 472. The van der Waals surface area contributed by atoms with E-state index in [0.717, 1.165) is 36.0 Å². The molecule has 1 aromatic carbocycles. The molecule has 0 aromatic heterocycles. The van der Waals surface area contributed by atoms with Gasteiger partial charge in [0.15, 0.2) is 0 Å². The van der Waals surface area contributed by atoms with Gasteiger partial charge in [-0.2, -0.15) is 0 Å². The molecule has 0 spiro atoms. The lowest BCUT2D eigenvalue weighted by Crippen LogP contribution is -2.40. The van der Waals surface area contributed by atoms with Gasteiger partial charge in [0.1, 0.15) is 0 Å². The van der Waals surface area contributed by atoms with Gasteiger partial charge in [-0.25, -0.2) is 0 Å². The topological polar surface area (TPSA) is 20.3 Å². The fraction of sp³-hybridized carbons (Fsp3) is 0.588. The van der Waals surface area contributed by atoms with Gasteiger partial charge >= 0.3 is 0 Å². The Kier molecular flexibility index (Phi) is 5.64. The Morgan fingerprint density at radius 1 is 1.35 bits per heavy atom. The highest BCUT2D eigenvalue weighted by Gasteiger charge is 2.25. The smallest absolute Gasteiger partial charge is 0.254 e. The Hall–Kier alpha value is -0.830. The van der Waals surface area contributed by atoms with Crippen molar-refractivity contribution in [2.45, 2.75) is 46.0 Å². The van der Waals surface area contributed by atoms with Crippen LogP contribution in [-0.2, 0) is 6.42 Å². The molecule has 0 aliphatic carbocycles. The van der Waals surface area contributed by atoms with Crippen LogP contribution in [0.15, 0.2) is 22.7 Å². The number of hydrogen-bond donors (Lipinski definition) is 0. The SMILES string of the molecule is CCCCC(CC)CN1CCc2ccc(Br)cc2C1=O. The molecule has 0 radical (unpaired) electrons. The zero-order valence-electron chi connectivity index (χ0n) is 12.5. The van der Waals surface area contributed by atoms with E-state index in [1.54, 1.807) is 0 Å². The molecule has 0 saturated carbocycles. The van der Waals surface area contributed by atoms with Crippen LogP contribution < -0.4 is 0 Å². The fourth-order valence-corrected chi connectivity index (χ4v) is 3.26. The summed E-state index contributed by atoms with van der Waals surface area (Å²) in [4.78, 5) is 14.7.